The first-order valence-corrected chi connectivity index (χ1v) is 11.7. The van der Waals surface area contributed by atoms with E-state index in [-0.39, 0.29) is 35.8 Å². The Kier molecular flexibility index (Phi) is 6.21. The van der Waals surface area contributed by atoms with Crippen molar-refractivity contribution >= 4 is 15.7 Å². The van der Waals surface area contributed by atoms with Crippen molar-refractivity contribution in [1.29, 1.82) is 0 Å². The van der Waals surface area contributed by atoms with E-state index in [1.165, 1.54) is 27.5 Å². The highest BCUT2D eigenvalue weighted by Gasteiger charge is 2.44. The number of alkyl halides is 3. The van der Waals surface area contributed by atoms with Crippen LogP contribution in [0.1, 0.15) is 24.8 Å². The van der Waals surface area contributed by atoms with Gasteiger partial charge in [-0.25, -0.2) is 17.8 Å². The second kappa shape index (κ2) is 8.64. The van der Waals surface area contributed by atoms with E-state index in [0.29, 0.717) is 12.7 Å². The van der Waals surface area contributed by atoms with Crippen molar-refractivity contribution in [3.63, 3.8) is 0 Å². The number of anilines is 1. The lowest BCUT2D eigenvalue weighted by atomic mass is 9.91. The van der Waals surface area contributed by atoms with E-state index in [2.05, 4.69) is 10.3 Å². The summed E-state index contributed by atoms with van der Waals surface area (Å²) in [6.07, 6.45) is 0.289. The molecule has 1 aromatic carbocycles. The molecule has 0 aliphatic carbocycles. The zero-order chi connectivity index (χ0) is 23.1. The smallest absolute Gasteiger partial charge is 0.381 e. The second-order valence-corrected chi connectivity index (χ2v) is 10.1. The predicted molar refractivity (Wildman–Crippen MR) is 108 cm³/mol. The third-order valence-electron chi connectivity index (χ3n) is 5.93. The number of aryl methyl sites for hydroxylation is 1. The molecule has 12 heteroatoms. The molecule has 4 rings (SSSR count). The Morgan fingerprint density at radius 2 is 2.00 bits per heavy atom. The highest BCUT2D eigenvalue weighted by Crippen LogP contribution is 2.36. The summed E-state index contributed by atoms with van der Waals surface area (Å²) in [6.45, 7) is 0.729. The third kappa shape index (κ3) is 4.62. The molecule has 0 bridgehead atoms. The maximum Gasteiger partial charge on any atom is 0.419 e. The van der Waals surface area contributed by atoms with E-state index >= 15 is 0 Å². The Morgan fingerprint density at radius 3 is 2.62 bits per heavy atom. The van der Waals surface area contributed by atoms with Crippen molar-refractivity contribution in [2.45, 2.75) is 42.6 Å². The third-order valence-corrected chi connectivity index (χ3v) is 7.65. The molecule has 7 nitrogen and oxygen atoms in total. The highest BCUT2D eigenvalue weighted by atomic mass is 32.2. The molecule has 1 aromatic heterocycles. The fourth-order valence-electron chi connectivity index (χ4n) is 4.32. The van der Waals surface area contributed by atoms with Gasteiger partial charge in [0, 0.05) is 50.6 Å². The number of halogens is 4. The fraction of sp³-hybridized carbons (Fsp3) is 0.550. The number of rotatable bonds is 5. The average Bonchev–Trinajstić information content (AvgIpc) is 3.36. The number of nitrogens with one attached hydrogen (secondary N) is 1. The normalized spacial score (nSPS) is 25.2. The summed E-state index contributed by atoms with van der Waals surface area (Å²) < 4.78 is 87.9. The van der Waals surface area contributed by atoms with Crippen LogP contribution in [0.2, 0.25) is 0 Å². The van der Waals surface area contributed by atoms with Gasteiger partial charge in [0.05, 0.1) is 18.0 Å². The standard InChI is InChI=1S/C20H24F4N4O3S/c1-27-11-19(25-12-27)32(29,30)28-9-14(18-4-2-3-7-31-18)17(10-28)26-13-5-6-16(21)15(8-13)20(22,23)24/h5-6,8,11-12,14,17-18,26H,2-4,7,9-10H2,1H3/t14-,17-,18?/m0/s1. The van der Waals surface area contributed by atoms with Crippen LogP contribution in [0.5, 0.6) is 0 Å². The van der Waals surface area contributed by atoms with E-state index in [1.807, 2.05) is 0 Å². The molecular weight excluding hydrogens is 452 g/mol. The molecule has 32 heavy (non-hydrogen) atoms. The molecule has 176 valence electrons. The van der Waals surface area contributed by atoms with Crippen molar-refractivity contribution in [2.75, 3.05) is 25.0 Å². The maximum atomic E-state index is 13.7. The monoisotopic (exact) mass is 476 g/mol. The summed E-state index contributed by atoms with van der Waals surface area (Å²) in [6, 6.07) is 2.18. The van der Waals surface area contributed by atoms with Gasteiger partial charge in [0.25, 0.3) is 10.0 Å². The second-order valence-electron chi connectivity index (χ2n) is 8.21. The summed E-state index contributed by atoms with van der Waals surface area (Å²) in [5.74, 6) is -1.64. The van der Waals surface area contributed by atoms with Gasteiger partial charge in [-0.2, -0.15) is 17.5 Å². The molecular formula is C20H24F4N4O3S. The van der Waals surface area contributed by atoms with Crippen LogP contribution >= 0.6 is 0 Å². The highest BCUT2D eigenvalue weighted by molar-refractivity contribution is 7.89. The first-order valence-electron chi connectivity index (χ1n) is 10.3. The van der Waals surface area contributed by atoms with E-state index in [1.54, 1.807) is 7.05 Å². The average molecular weight is 476 g/mol. The van der Waals surface area contributed by atoms with Crippen molar-refractivity contribution in [1.82, 2.24) is 13.9 Å². The first-order chi connectivity index (χ1) is 15.1. The Morgan fingerprint density at radius 1 is 1.22 bits per heavy atom. The lowest BCUT2D eigenvalue weighted by Gasteiger charge is -2.31. The lowest BCUT2D eigenvalue weighted by molar-refractivity contribution is -0.139. The van der Waals surface area contributed by atoms with Gasteiger partial charge in [-0.1, -0.05) is 0 Å². The molecule has 0 radical (unpaired) electrons. The Balaban J connectivity index is 1.61. The van der Waals surface area contributed by atoms with E-state index in [0.717, 1.165) is 25.3 Å². The number of benzene rings is 1. The molecule has 0 amide bonds. The van der Waals surface area contributed by atoms with Crippen LogP contribution in [0.15, 0.2) is 35.7 Å². The molecule has 0 saturated carbocycles. The van der Waals surface area contributed by atoms with Gasteiger partial charge in [0.2, 0.25) is 0 Å². The van der Waals surface area contributed by atoms with Crippen LogP contribution in [0.25, 0.3) is 0 Å². The van der Waals surface area contributed by atoms with Crippen LogP contribution in [0, 0.1) is 11.7 Å². The van der Waals surface area contributed by atoms with Crippen LogP contribution in [-0.2, 0) is 28.0 Å². The minimum atomic E-state index is -4.84. The number of ether oxygens (including phenoxy) is 1. The molecule has 2 aromatic rings. The minimum absolute atomic E-state index is 0.0299. The minimum Gasteiger partial charge on any atom is -0.381 e. The molecule has 2 aliphatic heterocycles. The summed E-state index contributed by atoms with van der Waals surface area (Å²) in [7, 11) is -2.23. The van der Waals surface area contributed by atoms with E-state index in [9.17, 15) is 26.0 Å². The zero-order valence-electron chi connectivity index (χ0n) is 17.3. The van der Waals surface area contributed by atoms with Gasteiger partial charge in [-0.3, -0.25) is 0 Å². The van der Waals surface area contributed by atoms with Crippen molar-refractivity contribution in [2.24, 2.45) is 13.0 Å². The molecule has 1 N–H and O–H groups in total. The summed E-state index contributed by atoms with van der Waals surface area (Å²) in [4.78, 5) is 3.94. The fourth-order valence-corrected chi connectivity index (χ4v) is 5.79. The van der Waals surface area contributed by atoms with Crippen LogP contribution in [0.3, 0.4) is 0 Å². The molecule has 3 heterocycles. The van der Waals surface area contributed by atoms with Gasteiger partial charge in [0.1, 0.15) is 5.82 Å². The van der Waals surface area contributed by atoms with Crippen LogP contribution < -0.4 is 5.32 Å². The van der Waals surface area contributed by atoms with Crippen molar-refractivity contribution in [3.05, 3.63) is 42.1 Å². The lowest BCUT2D eigenvalue weighted by Crippen LogP contribution is -2.39. The molecule has 0 spiro atoms. The number of hydrogen-bond donors (Lipinski definition) is 1. The Bertz CT molecular complexity index is 1070. The predicted octanol–water partition coefficient (Wildman–Crippen LogP) is 3.25. The topological polar surface area (TPSA) is 76.5 Å². The maximum absolute atomic E-state index is 13.7. The SMILES string of the molecule is Cn1cnc(S(=O)(=O)N2C[C@H](Nc3ccc(F)c(C(F)(F)F)c3)[C@@H](C3CCCCO3)C2)c1. The molecule has 2 aliphatic rings. The number of nitrogens with zero attached hydrogens (tertiary/aromatic N) is 3. The summed E-state index contributed by atoms with van der Waals surface area (Å²) in [5.41, 5.74) is -1.30. The molecule has 3 atom stereocenters. The number of sulfonamides is 1. The van der Waals surface area contributed by atoms with Crippen molar-refractivity contribution in [3.8, 4) is 0 Å². The molecule has 2 fully saturated rings. The van der Waals surface area contributed by atoms with E-state index in [4.69, 9.17) is 4.74 Å². The number of hydrogen-bond acceptors (Lipinski definition) is 5. The largest absolute Gasteiger partial charge is 0.419 e. The van der Waals surface area contributed by atoms with Crippen molar-refractivity contribution < 1.29 is 30.7 Å². The van der Waals surface area contributed by atoms with Gasteiger partial charge in [-0.05, 0) is 37.5 Å². The van der Waals surface area contributed by atoms with Gasteiger partial charge >= 0.3 is 6.18 Å². The van der Waals surface area contributed by atoms with Crippen LogP contribution in [-0.4, -0.2) is 54.1 Å². The number of imidazole rings is 1. The van der Waals surface area contributed by atoms with Gasteiger partial charge in [0.15, 0.2) is 5.03 Å². The van der Waals surface area contributed by atoms with Gasteiger partial charge < -0.3 is 14.6 Å². The summed E-state index contributed by atoms with van der Waals surface area (Å²) >= 11 is 0. The zero-order valence-corrected chi connectivity index (χ0v) is 18.2. The Hall–Kier alpha value is -2.18. The van der Waals surface area contributed by atoms with Gasteiger partial charge in [-0.15, -0.1) is 0 Å². The van der Waals surface area contributed by atoms with E-state index < -0.39 is 33.6 Å². The first kappa shape index (κ1) is 23.0. The molecule has 2 saturated heterocycles. The number of aromatic nitrogens is 2. The quantitative estimate of drug-likeness (QED) is 0.671. The summed E-state index contributed by atoms with van der Waals surface area (Å²) in [5, 5.41) is 2.92. The van der Waals surface area contributed by atoms with Crippen LogP contribution in [0.4, 0.5) is 23.2 Å². The molecule has 1 unspecified atom stereocenters. The Labute approximate surface area is 183 Å².